The molecule has 24 heavy (non-hydrogen) atoms. The summed E-state index contributed by atoms with van der Waals surface area (Å²) in [7, 11) is 1.45. The third kappa shape index (κ3) is 3.31. The summed E-state index contributed by atoms with van der Waals surface area (Å²) in [5.74, 6) is -0.123. The largest absolute Gasteiger partial charge is 0.379 e. The second kappa shape index (κ2) is 7.17. The zero-order valence-electron chi connectivity index (χ0n) is 14.3. The third-order valence-electron chi connectivity index (χ3n) is 5.07. The molecule has 0 radical (unpaired) electrons. The number of halogens is 1. The number of hydrogen-bond acceptors (Lipinski definition) is 4. The molecule has 0 N–H and O–H groups in total. The van der Waals surface area contributed by atoms with Gasteiger partial charge in [0.2, 0.25) is 0 Å². The minimum atomic E-state index is -1.28. The first-order chi connectivity index (χ1) is 11.5. The van der Waals surface area contributed by atoms with Gasteiger partial charge < -0.3 is 14.4 Å². The predicted octanol–water partition coefficient (Wildman–Crippen LogP) is 1.48. The van der Waals surface area contributed by atoms with E-state index in [2.05, 4.69) is 4.90 Å². The van der Waals surface area contributed by atoms with Crippen molar-refractivity contribution in [2.24, 2.45) is 5.92 Å². The summed E-state index contributed by atoms with van der Waals surface area (Å²) < 4.78 is 24.9. The van der Waals surface area contributed by atoms with Crippen LogP contribution in [-0.2, 0) is 19.9 Å². The number of carbonyl (C=O) groups excluding carboxylic acids is 1. The van der Waals surface area contributed by atoms with E-state index in [9.17, 15) is 9.18 Å². The van der Waals surface area contributed by atoms with Crippen LogP contribution in [-0.4, -0.2) is 68.8 Å². The zero-order chi connectivity index (χ0) is 17.2. The highest BCUT2D eigenvalue weighted by atomic mass is 19.1. The lowest BCUT2D eigenvalue weighted by molar-refractivity contribution is -0.162. The van der Waals surface area contributed by atoms with Crippen molar-refractivity contribution in [3.63, 3.8) is 0 Å². The fraction of sp³-hybridized carbons (Fsp3) is 0.611. The molecule has 132 valence electrons. The van der Waals surface area contributed by atoms with Crippen molar-refractivity contribution in [2.75, 3.05) is 53.0 Å². The van der Waals surface area contributed by atoms with E-state index in [4.69, 9.17) is 9.47 Å². The Morgan fingerprint density at radius 2 is 2.00 bits per heavy atom. The third-order valence-corrected chi connectivity index (χ3v) is 5.07. The molecule has 2 aliphatic rings. The van der Waals surface area contributed by atoms with E-state index in [1.54, 1.807) is 30.0 Å². The molecule has 1 unspecified atom stereocenters. The van der Waals surface area contributed by atoms with Gasteiger partial charge in [-0.3, -0.25) is 9.69 Å². The number of likely N-dealkylation sites (tertiary alicyclic amines) is 1. The second-order valence-electron chi connectivity index (χ2n) is 6.71. The number of carbonyl (C=O) groups is 1. The van der Waals surface area contributed by atoms with E-state index >= 15 is 0 Å². The molecule has 2 fully saturated rings. The summed E-state index contributed by atoms with van der Waals surface area (Å²) in [6.45, 7) is 7.49. The Bertz CT molecular complexity index is 585. The molecule has 3 rings (SSSR count). The van der Waals surface area contributed by atoms with Crippen molar-refractivity contribution in [1.29, 1.82) is 0 Å². The first-order valence-electron chi connectivity index (χ1n) is 8.44. The molecule has 5 nitrogen and oxygen atoms in total. The second-order valence-corrected chi connectivity index (χ2v) is 6.71. The van der Waals surface area contributed by atoms with Crippen molar-refractivity contribution < 1.29 is 18.7 Å². The van der Waals surface area contributed by atoms with E-state index in [1.165, 1.54) is 13.2 Å². The SMILES string of the molecule is COC(C)(C(=O)N1CC(CN2CCOCC2)C1)c1ccccc1F. The van der Waals surface area contributed by atoms with Crippen LogP contribution in [0.2, 0.25) is 0 Å². The quantitative estimate of drug-likeness (QED) is 0.817. The highest BCUT2D eigenvalue weighted by Gasteiger charge is 2.44. The molecular weight excluding hydrogens is 311 g/mol. The number of morpholine rings is 1. The predicted molar refractivity (Wildman–Crippen MR) is 88.1 cm³/mol. The van der Waals surface area contributed by atoms with E-state index in [-0.39, 0.29) is 11.5 Å². The first kappa shape index (κ1) is 17.3. The molecule has 1 amide bonds. The first-order valence-corrected chi connectivity index (χ1v) is 8.44. The fourth-order valence-corrected chi connectivity index (χ4v) is 3.46. The van der Waals surface area contributed by atoms with Crippen molar-refractivity contribution in [2.45, 2.75) is 12.5 Å². The molecule has 2 saturated heterocycles. The summed E-state index contributed by atoms with van der Waals surface area (Å²) in [5.41, 5.74) is -0.996. The van der Waals surface area contributed by atoms with Crippen molar-refractivity contribution in [3.8, 4) is 0 Å². The Balaban J connectivity index is 1.61. The van der Waals surface area contributed by atoms with Crippen LogP contribution >= 0.6 is 0 Å². The van der Waals surface area contributed by atoms with Crippen LogP contribution in [0.15, 0.2) is 24.3 Å². The maximum absolute atomic E-state index is 14.1. The summed E-state index contributed by atoms with van der Waals surface area (Å²) in [4.78, 5) is 17.0. The van der Waals surface area contributed by atoms with Gasteiger partial charge >= 0.3 is 0 Å². The van der Waals surface area contributed by atoms with Gasteiger partial charge in [0.25, 0.3) is 5.91 Å². The Morgan fingerprint density at radius 1 is 1.33 bits per heavy atom. The van der Waals surface area contributed by atoms with Crippen molar-refractivity contribution >= 4 is 5.91 Å². The molecule has 0 bridgehead atoms. The van der Waals surface area contributed by atoms with Gasteiger partial charge in [0.05, 0.1) is 13.2 Å². The molecule has 0 aromatic heterocycles. The molecule has 0 spiro atoms. The molecule has 1 atom stereocenters. The summed E-state index contributed by atoms with van der Waals surface area (Å²) in [6.07, 6.45) is 0. The van der Waals surface area contributed by atoms with Crippen LogP contribution in [0.3, 0.4) is 0 Å². The van der Waals surface area contributed by atoms with Gasteiger partial charge in [-0.25, -0.2) is 4.39 Å². The van der Waals surface area contributed by atoms with Crippen LogP contribution in [0.25, 0.3) is 0 Å². The van der Waals surface area contributed by atoms with Crippen molar-refractivity contribution in [1.82, 2.24) is 9.80 Å². The lowest BCUT2D eigenvalue weighted by Crippen LogP contribution is -2.59. The van der Waals surface area contributed by atoms with E-state index in [0.717, 1.165) is 32.8 Å². The fourth-order valence-electron chi connectivity index (χ4n) is 3.46. The number of hydrogen-bond donors (Lipinski definition) is 0. The Labute approximate surface area is 142 Å². The van der Waals surface area contributed by atoms with Crippen molar-refractivity contribution in [3.05, 3.63) is 35.6 Å². The van der Waals surface area contributed by atoms with Gasteiger partial charge in [-0.2, -0.15) is 0 Å². The van der Waals surface area contributed by atoms with Crippen LogP contribution in [0.4, 0.5) is 4.39 Å². The standard InChI is InChI=1S/C18H25FN2O3/c1-18(23-2,15-5-3-4-6-16(15)19)17(22)21-12-14(13-21)11-20-7-9-24-10-8-20/h3-6,14H,7-13H2,1-2H3. The summed E-state index contributed by atoms with van der Waals surface area (Å²) >= 11 is 0. The maximum Gasteiger partial charge on any atom is 0.259 e. The van der Waals surface area contributed by atoms with Gasteiger partial charge in [0, 0.05) is 51.3 Å². The van der Waals surface area contributed by atoms with Crippen LogP contribution in [0, 0.1) is 11.7 Å². The molecule has 0 saturated carbocycles. The topological polar surface area (TPSA) is 42.0 Å². The zero-order valence-corrected chi connectivity index (χ0v) is 14.3. The van der Waals surface area contributed by atoms with Gasteiger partial charge in [0.15, 0.2) is 5.60 Å². The number of rotatable bonds is 5. The van der Waals surface area contributed by atoms with Gasteiger partial charge in [-0.05, 0) is 13.0 Å². The highest BCUT2D eigenvalue weighted by Crippen LogP contribution is 2.32. The van der Waals surface area contributed by atoms with Crippen LogP contribution in [0.5, 0.6) is 0 Å². The van der Waals surface area contributed by atoms with Gasteiger partial charge in [0.1, 0.15) is 5.82 Å². The summed E-state index contributed by atoms with van der Waals surface area (Å²) in [6, 6.07) is 6.31. The Hall–Kier alpha value is -1.50. The number of nitrogens with zero attached hydrogens (tertiary/aromatic N) is 2. The summed E-state index contributed by atoms with van der Waals surface area (Å²) in [5, 5.41) is 0. The number of methoxy groups -OCH3 is 1. The average molecular weight is 336 g/mol. The smallest absolute Gasteiger partial charge is 0.259 e. The van der Waals surface area contributed by atoms with E-state index < -0.39 is 11.4 Å². The average Bonchev–Trinajstić information content (AvgIpc) is 2.58. The molecule has 2 aliphatic heterocycles. The molecular formula is C18H25FN2O3. The van der Waals surface area contributed by atoms with E-state index in [0.29, 0.717) is 19.0 Å². The minimum absolute atomic E-state index is 0.173. The monoisotopic (exact) mass is 336 g/mol. The van der Waals surface area contributed by atoms with E-state index in [1.807, 2.05) is 0 Å². The molecule has 6 heteroatoms. The lowest BCUT2D eigenvalue weighted by atomic mass is 9.90. The van der Waals surface area contributed by atoms with Gasteiger partial charge in [-0.15, -0.1) is 0 Å². The highest BCUT2D eigenvalue weighted by molar-refractivity contribution is 5.87. The molecule has 0 aliphatic carbocycles. The molecule has 2 heterocycles. The Kier molecular flexibility index (Phi) is 5.18. The minimum Gasteiger partial charge on any atom is -0.379 e. The number of ether oxygens (including phenoxy) is 2. The Morgan fingerprint density at radius 3 is 2.62 bits per heavy atom. The molecule has 1 aromatic carbocycles. The van der Waals surface area contributed by atoms with Crippen LogP contribution in [0.1, 0.15) is 12.5 Å². The number of benzene rings is 1. The van der Waals surface area contributed by atoms with Gasteiger partial charge in [-0.1, -0.05) is 18.2 Å². The van der Waals surface area contributed by atoms with Crippen LogP contribution < -0.4 is 0 Å². The lowest BCUT2D eigenvalue weighted by Gasteiger charge is -2.45. The normalized spacial score (nSPS) is 22.0. The molecule has 1 aromatic rings. The maximum atomic E-state index is 14.1. The number of amides is 1.